The summed E-state index contributed by atoms with van der Waals surface area (Å²) in [6.45, 7) is 8.42. The maximum atomic E-state index is 11.9. The van der Waals surface area contributed by atoms with Gasteiger partial charge in [0, 0.05) is 6.92 Å². The van der Waals surface area contributed by atoms with Crippen LogP contribution in [-0.2, 0) is 19.1 Å². The summed E-state index contributed by atoms with van der Waals surface area (Å²) in [5.41, 5.74) is 0.211. The van der Waals surface area contributed by atoms with Gasteiger partial charge in [-0.1, -0.05) is 30.3 Å². The molecule has 0 amide bonds. The van der Waals surface area contributed by atoms with E-state index in [1.165, 1.54) is 6.92 Å². The lowest BCUT2D eigenvalue weighted by molar-refractivity contribution is -0.172. The Balaban J connectivity index is 2.89. The largest absolute Gasteiger partial charge is 0.458 e. The molecule has 0 spiro atoms. The molecule has 0 heterocycles. The minimum atomic E-state index is -0.597. The van der Waals surface area contributed by atoms with E-state index < -0.39 is 23.6 Å². The zero-order valence-corrected chi connectivity index (χ0v) is 12.7. The molecule has 4 heteroatoms. The molecule has 1 rings (SSSR count). The molecule has 1 aromatic carbocycles. The Bertz CT molecular complexity index is 459. The summed E-state index contributed by atoms with van der Waals surface area (Å²) in [6, 6.07) is 9.26. The topological polar surface area (TPSA) is 52.6 Å². The Morgan fingerprint density at radius 3 is 2.05 bits per heavy atom. The van der Waals surface area contributed by atoms with Crippen LogP contribution in [0.15, 0.2) is 30.3 Å². The lowest BCUT2D eigenvalue weighted by atomic mass is 9.97. The average molecular weight is 278 g/mol. The van der Waals surface area contributed by atoms with Crippen molar-refractivity contribution in [1.29, 1.82) is 0 Å². The van der Waals surface area contributed by atoms with Crippen LogP contribution in [0.2, 0.25) is 0 Å². The van der Waals surface area contributed by atoms with E-state index in [9.17, 15) is 9.59 Å². The molecular weight excluding hydrogens is 256 g/mol. The van der Waals surface area contributed by atoms with Crippen LogP contribution in [0, 0.1) is 5.41 Å². The lowest BCUT2D eigenvalue weighted by Crippen LogP contribution is -2.31. The number of hydrogen-bond donors (Lipinski definition) is 0. The molecule has 0 bridgehead atoms. The van der Waals surface area contributed by atoms with Crippen LogP contribution in [0.5, 0.6) is 0 Å². The highest BCUT2D eigenvalue weighted by atomic mass is 16.6. The SMILES string of the molecule is CC(=O)OC(c1ccccc1)C(C)OC(=O)C(C)(C)C. The van der Waals surface area contributed by atoms with Crippen LogP contribution in [0.4, 0.5) is 0 Å². The molecule has 0 saturated heterocycles. The zero-order valence-electron chi connectivity index (χ0n) is 12.7. The van der Waals surface area contributed by atoms with Crippen LogP contribution in [-0.4, -0.2) is 18.0 Å². The minimum Gasteiger partial charge on any atom is -0.458 e. The first-order valence-electron chi connectivity index (χ1n) is 6.65. The predicted molar refractivity (Wildman–Crippen MR) is 76.0 cm³/mol. The summed E-state index contributed by atoms with van der Waals surface area (Å²) in [5, 5.41) is 0. The van der Waals surface area contributed by atoms with Gasteiger partial charge in [-0.25, -0.2) is 0 Å². The average Bonchev–Trinajstić information content (AvgIpc) is 2.35. The van der Waals surface area contributed by atoms with Crippen molar-refractivity contribution in [1.82, 2.24) is 0 Å². The third-order valence-corrected chi connectivity index (χ3v) is 2.75. The van der Waals surface area contributed by atoms with Crippen molar-refractivity contribution in [2.45, 2.75) is 46.8 Å². The maximum absolute atomic E-state index is 11.9. The predicted octanol–water partition coefficient (Wildman–Crippen LogP) is 3.27. The van der Waals surface area contributed by atoms with Gasteiger partial charge in [0.25, 0.3) is 0 Å². The van der Waals surface area contributed by atoms with E-state index in [4.69, 9.17) is 9.47 Å². The number of ether oxygens (including phenoxy) is 2. The third kappa shape index (κ3) is 4.68. The highest BCUT2D eigenvalue weighted by Gasteiger charge is 2.30. The molecule has 0 aliphatic heterocycles. The van der Waals surface area contributed by atoms with Gasteiger partial charge in [0.15, 0.2) is 6.10 Å². The smallest absolute Gasteiger partial charge is 0.311 e. The molecule has 20 heavy (non-hydrogen) atoms. The minimum absolute atomic E-state index is 0.321. The van der Waals surface area contributed by atoms with Gasteiger partial charge in [0.2, 0.25) is 0 Å². The quantitative estimate of drug-likeness (QED) is 0.793. The van der Waals surface area contributed by atoms with E-state index in [0.717, 1.165) is 5.56 Å². The van der Waals surface area contributed by atoms with Gasteiger partial charge in [0.1, 0.15) is 6.10 Å². The molecule has 2 unspecified atom stereocenters. The molecule has 0 saturated carbocycles. The molecule has 0 fully saturated rings. The molecular formula is C16H22O4. The first-order valence-corrected chi connectivity index (χ1v) is 6.65. The van der Waals surface area contributed by atoms with E-state index in [1.807, 2.05) is 30.3 Å². The fourth-order valence-corrected chi connectivity index (χ4v) is 1.66. The number of carbonyl (C=O) groups excluding carboxylic acids is 2. The van der Waals surface area contributed by atoms with Crippen molar-refractivity contribution in [2.75, 3.05) is 0 Å². The standard InChI is InChI=1S/C16H22O4/c1-11(19-15(18)16(3,4)5)14(20-12(2)17)13-9-7-6-8-10-13/h6-11,14H,1-5H3. The monoisotopic (exact) mass is 278 g/mol. The number of rotatable bonds is 4. The molecule has 1 aromatic rings. The second kappa shape index (κ2) is 6.55. The summed E-state index contributed by atoms with van der Waals surface area (Å²) in [4.78, 5) is 23.2. The van der Waals surface area contributed by atoms with Gasteiger partial charge < -0.3 is 9.47 Å². The normalized spacial score (nSPS) is 14.2. The van der Waals surface area contributed by atoms with E-state index in [2.05, 4.69) is 0 Å². The van der Waals surface area contributed by atoms with Crippen LogP contribution >= 0.6 is 0 Å². The first kappa shape index (κ1) is 16.2. The Morgan fingerprint density at radius 2 is 1.60 bits per heavy atom. The van der Waals surface area contributed by atoms with E-state index >= 15 is 0 Å². The van der Waals surface area contributed by atoms with E-state index in [0.29, 0.717) is 0 Å². The lowest BCUT2D eigenvalue weighted by Gasteiger charge is -2.27. The van der Waals surface area contributed by atoms with Crippen molar-refractivity contribution >= 4 is 11.9 Å². The fraction of sp³-hybridized carbons (Fsp3) is 0.500. The highest BCUT2D eigenvalue weighted by Crippen LogP contribution is 2.26. The second-order valence-electron chi connectivity index (χ2n) is 5.80. The summed E-state index contributed by atoms with van der Waals surface area (Å²) in [6.07, 6.45) is -1.15. The third-order valence-electron chi connectivity index (χ3n) is 2.75. The summed E-state index contributed by atoms with van der Waals surface area (Å²) in [7, 11) is 0. The Morgan fingerprint density at radius 1 is 1.05 bits per heavy atom. The van der Waals surface area contributed by atoms with Crippen LogP contribution in [0.1, 0.15) is 46.3 Å². The molecule has 2 atom stereocenters. The number of benzene rings is 1. The van der Waals surface area contributed by atoms with Gasteiger partial charge in [-0.3, -0.25) is 9.59 Å². The van der Waals surface area contributed by atoms with Crippen molar-refractivity contribution in [3.63, 3.8) is 0 Å². The van der Waals surface area contributed by atoms with Crippen molar-refractivity contribution < 1.29 is 19.1 Å². The number of hydrogen-bond acceptors (Lipinski definition) is 4. The van der Waals surface area contributed by atoms with Crippen molar-refractivity contribution in [3.05, 3.63) is 35.9 Å². The number of esters is 2. The number of carbonyl (C=O) groups is 2. The highest BCUT2D eigenvalue weighted by molar-refractivity contribution is 5.75. The Labute approximate surface area is 120 Å². The molecule has 0 radical (unpaired) electrons. The first-order chi connectivity index (χ1) is 9.21. The molecule has 0 N–H and O–H groups in total. The molecule has 4 nitrogen and oxygen atoms in total. The zero-order chi connectivity index (χ0) is 15.3. The van der Waals surface area contributed by atoms with Crippen LogP contribution < -0.4 is 0 Å². The van der Waals surface area contributed by atoms with Gasteiger partial charge in [-0.15, -0.1) is 0 Å². The molecule has 0 aliphatic carbocycles. The van der Waals surface area contributed by atoms with Crippen LogP contribution in [0.25, 0.3) is 0 Å². The fourth-order valence-electron chi connectivity index (χ4n) is 1.66. The summed E-state index contributed by atoms with van der Waals surface area (Å²) < 4.78 is 10.7. The van der Waals surface area contributed by atoms with Gasteiger partial charge in [-0.2, -0.15) is 0 Å². The molecule has 110 valence electrons. The molecule has 0 aromatic heterocycles. The molecule has 0 aliphatic rings. The summed E-state index contributed by atoms with van der Waals surface area (Å²) in [5.74, 6) is -0.726. The van der Waals surface area contributed by atoms with Gasteiger partial charge in [-0.05, 0) is 33.3 Å². The summed E-state index contributed by atoms with van der Waals surface area (Å²) >= 11 is 0. The van der Waals surface area contributed by atoms with Gasteiger partial charge in [0.05, 0.1) is 5.41 Å². The Hall–Kier alpha value is -1.84. The van der Waals surface area contributed by atoms with Crippen molar-refractivity contribution in [2.24, 2.45) is 5.41 Å². The van der Waals surface area contributed by atoms with Crippen molar-refractivity contribution in [3.8, 4) is 0 Å². The van der Waals surface area contributed by atoms with Gasteiger partial charge >= 0.3 is 11.9 Å². The van der Waals surface area contributed by atoms with Crippen LogP contribution in [0.3, 0.4) is 0 Å². The van der Waals surface area contributed by atoms with E-state index in [1.54, 1.807) is 27.7 Å². The second-order valence-corrected chi connectivity index (χ2v) is 5.80. The maximum Gasteiger partial charge on any atom is 0.311 e. The Kier molecular flexibility index (Phi) is 5.31. The van der Waals surface area contributed by atoms with E-state index in [-0.39, 0.29) is 5.97 Å².